The summed E-state index contributed by atoms with van der Waals surface area (Å²) in [5.41, 5.74) is 3.27. The average molecular weight is 531 g/mol. The van der Waals surface area contributed by atoms with Gasteiger partial charge in [0, 0.05) is 30.6 Å². The molecule has 0 radical (unpaired) electrons. The van der Waals surface area contributed by atoms with E-state index in [9.17, 15) is 14.4 Å². The molecule has 0 aliphatic rings. The number of nitrogens with zero attached hydrogens (tertiary/aromatic N) is 4. The van der Waals surface area contributed by atoms with Crippen molar-refractivity contribution in [1.82, 2.24) is 30.4 Å². The Kier molecular flexibility index (Phi) is 8.12. The van der Waals surface area contributed by atoms with E-state index in [-0.39, 0.29) is 18.5 Å². The molecule has 3 heterocycles. The summed E-state index contributed by atoms with van der Waals surface area (Å²) in [6, 6.07) is 28.1. The average Bonchev–Trinajstić information content (AvgIpc) is 3.51. The Morgan fingerprint density at radius 2 is 1.50 bits per heavy atom. The third kappa shape index (κ3) is 6.33. The number of carbonyl (C=O) groups is 3. The van der Waals surface area contributed by atoms with E-state index in [4.69, 9.17) is 0 Å². The van der Waals surface area contributed by atoms with E-state index in [2.05, 4.69) is 25.7 Å². The minimum Gasteiger partial charge on any atom is -0.344 e. The molecule has 9 nitrogen and oxygen atoms in total. The molecule has 0 bridgehead atoms. The minimum atomic E-state index is -1.11. The predicted octanol–water partition coefficient (Wildman–Crippen LogP) is 3.56. The van der Waals surface area contributed by atoms with Crippen LogP contribution in [0.5, 0.6) is 0 Å². The van der Waals surface area contributed by atoms with Crippen molar-refractivity contribution >= 4 is 17.6 Å². The molecule has 2 N–H and O–H groups in total. The topological polar surface area (TPSA) is 119 Å². The van der Waals surface area contributed by atoms with Crippen LogP contribution in [0.3, 0.4) is 0 Å². The van der Waals surface area contributed by atoms with Crippen molar-refractivity contribution in [3.05, 3.63) is 132 Å². The lowest BCUT2D eigenvalue weighted by Gasteiger charge is -2.18. The predicted molar refractivity (Wildman–Crippen MR) is 149 cm³/mol. The lowest BCUT2D eigenvalue weighted by molar-refractivity contribution is -0.139. The van der Waals surface area contributed by atoms with E-state index in [1.165, 1.54) is 4.68 Å². The Morgan fingerprint density at radius 1 is 0.775 bits per heavy atom. The number of nitrogens with one attached hydrogen (secondary N) is 2. The maximum atomic E-state index is 13.5. The number of carbonyl (C=O) groups excluding carboxylic acids is 3. The zero-order chi connectivity index (χ0) is 27.7. The molecule has 2 aromatic carbocycles. The number of ketones is 1. The molecule has 40 heavy (non-hydrogen) atoms. The van der Waals surface area contributed by atoms with Crippen LogP contribution < -0.4 is 10.6 Å². The molecule has 0 spiro atoms. The number of pyridine rings is 2. The van der Waals surface area contributed by atoms with Crippen LogP contribution in [-0.4, -0.2) is 43.4 Å². The minimum absolute atomic E-state index is 0.0905. The summed E-state index contributed by atoms with van der Waals surface area (Å²) in [5.74, 6) is -1.82. The first-order valence-electron chi connectivity index (χ1n) is 12.7. The largest absolute Gasteiger partial charge is 0.344 e. The van der Waals surface area contributed by atoms with Gasteiger partial charge in [-0.3, -0.25) is 19.4 Å². The van der Waals surface area contributed by atoms with Crippen LogP contribution in [0.25, 0.3) is 17.1 Å². The molecule has 0 saturated carbocycles. The molecule has 2 amide bonds. The Hall–Kier alpha value is -5.44. The maximum absolute atomic E-state index is 13.5. The van der Waals surface area contributed by atoms with E-state index in [0.29, 0.717) is 11.5 Å². The molecule has 0 unspecified atom stereocenters. The fraction of sp³-hybridized carbons (Fsp3) is 0.0968. The van der Waals surface area contributed by atoms with Gasteiger partial charge in [-0.1, -0.05) is 66.7 Å². The van der Waals surface area contributed by atoms with Gasteiger partial charge in [0.1, 0.15) is 6.04 Å². The van der Waals surface area contributed by atoms with Gasteiger partial charge >= 0.3 is 0 Å². The van der Waals surface area contributed by atoms with Gasteiger partial charge in [-0.2, -0.15) is 5.10 Å². The molecule has 5 rings (SSSR count). The van der Waals surface area contributed by atoms with Crippen molar-refractivity contribution in [2.75, 3.05) is 0 Å². The molecule has 0 aliphatic carbocycles. The van der Waals surface area contributed by atoms with Crippen LogP contribution in [0.1, 0.15) is 21.6 Å². The van der Waals surface area contributed by atoms with Crippen LogP contribution in [0.15, 0.2) is 116 Å². The third-order valence-corrected chi connectivity index (χ3v) is 6.19. The van der Waals surface area contributed by atoms with E-state index in [1.54, 1.807) is 48.9 Å². The van der Waals surface area contributed by atoms with Gasteiger partial charge in [0.05, 0.1) is 23.5 Å². The van der Waals surface area contributed by atoms with Crippen molar-refractivity contribution in [2.24, 2.45) is 0 Å². The standard InChI is InChI=1S/C31H26N6O3/c38-28(31(40)34-21-24-14-7-8-17-32-24)27(20-22-10-3-1-4-11-22)35-30(39)25-15-9-18-33-29(25)37-19-16-26(36-37)23-12-5-2-6-13-23/h1-19,27H,20-21H2,(H,34,40)(H,35,39)/t27-/m1/s1. The molecule has 1 atom stereocenters. The molecule has 0 aliphatic heterocycles. The van der Waals surface area contributed by atoms with Gasteiger partial charge in [-0.15, -0.1) is 0 Å². The maximum Gasteiger partial charge on any atom is 0.289 e. The summed E-state index contributed by atoms with van der Waals surface area (Å²) in [4.78, 5) is 48.2. The number of hydrogen-bond acceptors (Lipinski definition) is 6. The second-order valence-corrected chi connectivity index (χ2v) is 8.97. The van der Waals surface area contributed by atoms with Gasteiger partial charge in [-0.25, -0.2) is 9.67 Å². The molecule has 0 fully saturated rings. The van der Waals surface area contributed by atoms with Crippen LogP contribution in [0.2, 0.25) is 0 Å². The summed E-state index contributed by atoms with van der Waals surface area (Å²) in [6.07, 6.45) is 5.03. The summed E-state index contributed by atoms with van der Waals surface area (Å²) >= 11 is 0. The van der Waals surface area contributed by atoms with Gasteiger partial charge in [-0.05, 0) is 35.9 Å². The summed E-state index contributed by atoms with van der Waals surface area (Å²) in [6.45, 7) is 0.0905. The van der Waals surface area contributed by atoms with Crippen LogP contribution in [0.4, 0.5) is 0 Å². The van der Waals surface area contributed by atoms with Crippen molar-refractivity contribution in [2.45, 2.75) is 19.0 Å². The molecule has 9 heteroatoms. The van der Waals surface area contributed by atoms with Gasteiger partial charge < -0.3 is 10.6 Å². The Labute approximate surface area is 230 Å². The summed E-state index contributed by atoms with van der Waals surface area (Å²) < 4.78 is 1.52. The first kappa shape index (κ1) is 26.2. The van der Waals surface area contributed by atoms with Gasteiger partial charge in [0.25, 0.3) is 11.8 Å². The normalized spacial score (nSPS) is 11.4. The highest BCUT2D eigenvalue weighted by Crippen LogP contribution is 2.19. The molecule has 3 aromatic heterocycles. The lowest BCUT2D eigenvalue weighted by atomic mass is 10.0. The SMILES string of the molecule is O=C(NCc1ccccn1)C(=O)[C@@H](Cc1ccccc1)NC(=O)c1cccnc1-n1ccc(-c2ccccc2)n1. The van der Waals surface area contributed by atoms with Crippen molar-refractivity contribution < 1.29 is 14.4 Å². The number of Topliss-reactive ketones (excluding diaryl/α,β-unsaturated/α-hetero) is 1. The number of rotatable bonds is 10. The van der Waals surface area contributed by atoms with Crippen LogP contribution >= 0.6 is 0 Å². The molecule has 5 aromatic rings. The van der Waals surface area contributed by atoms with E-state index in [0.717, 1.165) is 16.8 Å². The zero-order valence-corrected chi connectivity index (χ0v) is 21.5. The summed E-state index contributed by atoms with van der Waals surface area (Å²) in [7, 11) is 0. The molecule has 0 saturated heterocycles. The molecular formula is C31H26N6O3. The highest BCUT2D eigenvalue weighted by atomic mass is 16.2. The summed E-state index contributed by atoms with van der Waals surface area (Å²) in [5, 5.41) is 9.96. The highest BCUT2D eigenvalue weighted by Gasteiger charge is 2.28. The number of aromatic nitrogens is 4. The fourth-order valence-corrected chi connectivity index (χ4v) is 4.18. The molecular weight excluding hydrogens is 504 g/mol. The van der Waals surface area contributed by atoms with E-state index < -0.39 is 23.6 Å². The first-order chi connectivity index (χ1) is 19.6. The third-order valence-electron chi connectivity index (χ3n) is 6.19. The quantitative estimate of drug-likeness (QED) is 0.267. The monoisotopic (exact) mass is 530 g/mol. The lowest BCUT2D eigenvalue weighted by Crippen LogP contribution is -2.48. The van der Waals surface area contributed by atoms with E-state index in [1.807, 2.05) is 66.7 Å². The van der Waals surface area contributed by atoms with Crippen LogP contribution in [0, 0.1) is 0 Å². The molecule has 198 valence electrons. The number of amides is 2. The van der Waals surface area contributed by atoms with Crippen LogP contribution in [-0.2, 0) is 22.6 Å². The van der Waals surface area contributed by atoms with Gasteiger partial charge in [0.15, 0.2) is 5.82 Å². The first-order valence-corrected chi connectivity index (χ1v) is 12.7. The second-order valence-electron chi connectivity index (χ2n) is 8.97. The van der Waals surface area contributed by atoms with Crippen molar-refractivity contribution in [3.8, 4) is 17.1 Å². The van der Waals surface area contributed by atoms with Crippen molar-refractivity contribution in [1.29, 1.82) is 0 Å². The number of hydrogen-bond donors (Lipinski definition) is 2. The fourth-order valence-electron chi connectivity index (χ4n) is 4.18. The van der Waals surface area contributed by atoms with Crippen molar-refractivity contribution in [3.63, 3.8) is 0 Å². The smallest absolute Gasteiger partial charge is 0.289 e. The Balaban J connectivity index is 1.37. The van der Waals surface area contributed by atoms with E-state index >= 15 is 0 Å². The highest BCUT2D eigenvalue weighted by molar-refractivity contribution is 6.38. The Morgan fingerprint density at radius 3 is 2.25 bits per heavy atom. The number of benzene rings is 2. The second kappa shape index (κ2) is 12.4. The van der Waals surface area contributed by atoms with Gasteiger partial charge in [0.2, 0.25) is 5.78 Å². The zero-order valence-electron chi connectivity index (χ0n) is 21.5. The Bertz CT molecular complexity index is 1600.